The Morgan fingerprint density at radius 3 is 1.24 bits per heavy atom. The van der Waals surface area contributed by atoms with Gasteiger partial charge in [-0.15, -0.1) is 0 Å². The van der Waals surface area contributed by atoms with E-state index >= 15 is 0 Å². The zero-order valence-corrected chi connectivity index (χ0v) is 46.6. The molecule has 432 valence electrons. The van der Waals surface area contributed by atoms with E-state index in [9.17, 15) is 59.4 Å². The summed E-state index contributed by atoms with van der Waals surface area (Å²) in [6, 6.07) is 44.0. The average Bonchev–Trinajstić information content (AvgIpc) is 3.58. The zero-order valence-electron chi connectivity index (χ0n) is 45.1. The maximum Gasteiger partial charge on any atom is 0.426 e. The van der Waals surface area contributed by atoms with Crippen molar-refractivity contribution in [2.24, 2.45) is 0 Å². The van der Waals surface area contributed by atoms with Crippen molar-refractivity contribution in [1.29, 1.82) is 0 Å². The van der Waals surface area contributed by atoms with Crippen LogP contribution >= 0.6 is 23.2 Å². The summed E-state index contributed by atoms with van der Waals surface area (Å²) in [5, 5.41) is 15.7. The molecule has 0 aliphatic heterocycles. The molecule has 0 aliphatic carbocycles. The van der Waals surface area contributed by atoms with Gasteiger partial charge in [0.1, 0.15) is 28.6 Å². The molecule has 0 bridgehead atoms. The lowest BCUT2D eigenvalue weighted by Gasteiger charge is -2.25. The number of aromatic carboxylic acids is 1. The highest BCUT2D eigenvalue weighted by atomic mass is 35.5. The van der Waals surface area contributed by atoms with E-state index in [1.165, 1.54) is 44.2 Å². The molecule has 0 aliphatic rings. The van der Waals surface area contributed by atoms with Gasteiger partial charge in [0.15, 0.2) is 5.78 Å². The summed E-state index contributed by atoms with van der Waals surface area (Å²) in [7, 11) is 0. The first kappa shape index (κ1) is 63.4. The summed E-state index contributed by atoms with van der Waals surface area (Å²) in [6.45, 7) is 7.17. The molecule has 2 unspecified atom stereocenters. The number of nitrogens with one attached hydrogen (secondary N) is 2. The first-order chi connectivity index (χ1) is 38.9. The molecule has 10 nitrogen and oxygen atoms in total. The van der Waals surface area contributed by atoms with Gasteiger partial charge >= 0.3 is 18.3 Å². The Bertz CT molecular complexity index is 3620. The van der Waals surface area contributed by atoms with Crippen molar-refractivity contribution in [3.8, 4) is 23.0 Å². The number of benzene rings is 8. The van der Waals surface area contributed by atoms with E-state index in [0.29, 0.717) is 91.4 Å². The Balaban J connectivity index is 0.000000223. The van der Waals surface area contributed by atoms with Crippen LogP contribution in [0.15, 0.2) is 170 Å². The number of ether oxygens (including phenoxy) is 2. The molecule has 0 fully saturated rings. The van der Waals surface area contributed by atoms with Crippen molar-refractivity contribution >= 4 is 63.8 Å². The molecule has 5 N–H and O–H groups in total. The number of carboxylic acids is 1. The highest BCUT2D eigenvalue weighted by Crippen LogP contribution is 2.45. The van der Waals surface area contributed by atoms with Gasteiger partial charge < -0.3 is 30.9 Å². The predicted molar refractivity (Wildman–Crippen MR) is 305 cm³/mol. The SMILES string of the molecule is Cc1cc(C(C)(F)C(F)(F)F)cc(C)c1CC(=O)c1cc(NC(=O)c2cccc(Cl)c2)ccc1Oc1ccccc1.Cc1cc(C(C)(F)C(F)(F)F)cc(C)c1N.O=C(Nc1ccc(Oc2ccccc2)c(C(=O)O)c1)c1cccc(Cl)c1. The third-order valence-electron chi connectivity index (χ3n) is 12.9. The molecule has 0 heterocycles. The number of rotatable bonds is 14. The van der Waals surface area contributed by atoms with Crippen molar-refractivity contribution < 1.29 is 68.9 Å². The molecular formula is C63H53Cl2F8N3O7. The van der Waals surface area contributed by atoms with E-state index in [0.717, 1.165) is 24.3 Å². The number of ketones is 1. The Morgan fingerprint density at radius 1 is 0.494 bits per heavy atom. The zero-order chi connectivity index (χ0) is 61.2. The topological polar surface area (TPSA) is 157 Å². The molecule has 83 heavy (non-hydrogen) atoms. The fourth-order valence-corrected chi connectivity index (χ4v) is 8.43. The smallest absolute Gasteiger partial charge is 0.426 e. The second-order valence-corrected chi connectivity index (χ2v) is 20.1. The Morgan fingerprint density at radius 2 is 0.867 bits per heavy atom. The van der Waals surface area contributed by atoms with Crippen molar-refractivity contribution in [1.82, 2.24) is 0 Å². The number of amides is 2. The Hall–Kier alpha value is -8.74. The molecule has 2 atom stereocenters. The summed E-state index contributed by atoms with van der Waals surface area (Å²) in [5.74, 6) is -0.993. The normalized spacial score (nSPS) is 12.6. The first-order valence-corrected chi connectivity index (χ1v) is 25.7. The number of anilines is 3. The number of carbonyl (C=O) groups is 4. The van der Waals surface area contributed by atoms with Gasteiger partial charge in [0.25, 0.3) is 11.8 Å². The average molecular weight is 1190 g/mol. The van der Waals surface area contributed by atoms with E-state index < -0.39 is 52.5 Å². The predicted octanol–water partition coefficient (Wildman–Crippen LogP) is 17.9. The molecule has 8 aromatic rings. The number of Topliss-reactive ketones (excluding diaryl/α,β-unsaturated/α-hetero) is 1. The fraction of sp³-hybridized carbons (Fsp3) is 0.175. The third-order valence-corrected chi connectivity index (χ3v) is 13.4. The molecule has 0 saturated heterocycles. The van der Waals surface area contributed by atoms with Crippen LogP contribution in [0.1, 0.15) is 94.2 Å². The number of carboxylic acid groups (broad SMARTS) is 1. The Labute approximate surface area is 482 Å². The molecule has 0 spiro atoms. The van der Waals surface area contributed by atoms with Gasteiger partial charge in [0.2, 0.25) is 11.3 Å². The molecule has 0 radical (unpaired) electrons. The standard InChI is InChI=1S/C32H26ClF4NO3.C20H14ClNO4.C11H13F4N/c1-19-14-22(31(3,34)32(35,36)37)15-20(2)26(19)18-28(39)27-17-24(38-30(40)21-8-7-9-23(33)16-21)12-13-29(27)41-25-10-5-4-6-11-25;21-14-6-4-5-13(11-14)19(23)22-15-9-10-18(17(12-15)20(24)25)26-16-7-2-1-3-8-16;1-6-4-8(5-7(2)9(6)16)10(3,12)11(13,14)15/h4-17H,18H2,1-3H3,(H,38,40);1-12H,(H,22,23)(H,24,25);4-5H,16H2,1-3H3. The van der Waals surface area contributed by atoms with Crippen LogP contribution in [-0.4, -0.2) is 41.0 Å². The van der Waals surface area contributed by atoms with E-state index in [-0.39, 0.29) is 35.0 Å². The molecule has 0 aromatic heterocycles. The monoisotopic (exact) mass is 1190 g/mol. The number of aryl methyl sites for hydroxylation is 4. The van der Waals surface area contributed by atoms with Crippen LogP contribution in [0.4, 0.5) is 52.2 Å². The molecule has 20 heteroatoms. The van der Waals surface area contributed by atoms with Crippen LogP contribution < -0.4 is 25.8 Å². The van der Waals surface area contributed by atoms with Crippen LogP contribution in [0.5, 0.6) is 23.0 Å². The summed E-state index contributed by atoms with van der Waals surface area (Å²) >= 11 is 11.9. The summed E-state index contributed by atoms with van der Waals surface area (Å²) in [6.07, 6.45) is -10.2. The lowest BCUT2D eigenvalue weighted by Crippen LogP contribution is -2.35. The summed E-state index contributed by atoms with van der Waals surface area (Å²) in [4.78, 5) is 50.3. The molecule has 8 rings (SSSR count). The van der Waals surface area contributed by atoms with E-state index in [2.05, 4.69) is 10.6 Å². The third kappa shape index (κ3) is 16.3. The largest absolute Gasteiger partial charge is 0.478 e. The number of para-hydroxylation sites is 2. The van der Waals surface area contributed by atoms with Crippen molar-refractivity contribution in [2.45, 2.75) is 71.7 Å². The van der Waals surface area contributed by atoms with Gasteiger partial charge in [-0.05, 0) is 178 Å². The van der Waals surface area contributed by atoms with Crippen molar-refractivity contribution in [3.05, 3.63) is 241 Å². The number of halogens is 10. The first-order valence-electron chi connectivity index (χ1n) is 25.0. The fourth-order valence-electron chi connectivity index (χ4n) is 8.05. The van der Waals surface area contributed by atoms with Crippen LogP contribution in [-0.2, 0) is 17.8 Å². The summed E-state index contributed by atoms with van der Waals surface area (Å²) < 4.78 is 117. The molecular weight excluding hydrogens is 1130 g/mol. The minimum atomic E-state index is -5.09. The maximum absolute atomic E-state index is 14.7. The highest BCUT2D eigenvalue weighted by Gasteiger charge is 2.54. The van der Waals surface area contributed by atoms with Crippen LogP contribution in [0, 0.1) is 27.7 Å². The van der Waals surface area contributed by atoms with Gasteiger partial charge in [-0.3, -0.25) is 14.4 Å². The van der Waals surface area contributed by atoms with E-state index in [1.54, 1.807) is 117 Å². The molecule has 2 amide bonds. The van der Waals surface area contributed by atoms with Gasteiger partial charge in [-0.2, -0.15) is 26.3 Å². The lowest BCUT2D eigenvalue weighted by molar-refractivity contribution is -0.229. The van der Waals surface area contributed by atoms with Crippen molar-refractivity contribution in [2.75, 3.05) is 16.4 Å². The molecule has 0 saturated carbocycles. The second-order valence-electron chi connectivity index (χ2n) is 19.2. The number of nitrogen functional groups attached to an aromatic ring is 1. The van der Waals surface area contributed by atoms with Crippen LogP contribution in [0.25, 0.3) is 0 Å². The number of hydrogen-bond donors (Lipinski definition) is 4. The van der Waals surface area contributed by atoms with E-state index in [4.69, 9.17) is 38.4 Å². The number of nitrogens with two attached hydrogens (primary N) is 1. The minimum Gasteiger partial charge on any atom is -0.478 e. The lowest BCUT2D eigenvalue weighted by atomic mass is 9.88. The maximum atomic E-state index is 14.7. The summed E-state index contributed by atoms with van der Waals surface area (Å²) in [5.41, 5.74) is 1.64. The number of alkyl halides is 8. The van der Waals surface area contributed by atoms with Crippen LogP contribution in [0.2, 0.25) is 10.0 Å². The molecule has 8 aromatic carbocycles. The second kappa shape index (κ2) is 26.4. The van der Waals surface area contributed by atoms with Gasteiger partial charge in [-0.1, -0.05) is 96.0 Å². The van der Waals surface area contributed by atoms with E-state index in [1.807, 2.05) is 12.1 Å². The van der Waals surface area contributed by atoms with Crippen LogP contribution in [0.3, 0.4) is 0 Å². The Kier molecular flexibility index (Phi) is 20.2. The van der Waals surface area contributed by atoms with Gasteiger partial charge in [-0.25, -0.2) is 13.6 Å². The highest BCUT2D eigenvalue weighted by molar-refractivity contribution is 6.31. The van der Waals surface area contributed by atoms with Crippen molar-refractivity contribution in [3.63, 3.8) is 0 Å². The minimum absolute atomic E-state index is 0.0576. The van der Waals surface area contributed by atoms with Gasteiger partial charge in [0, 0.05) is 44.7 Å². The van der Waals surface area contributed by atoms with Gasteiger partial charge in [0.05, 0.1) is 5.56 Å². The number of hydrogen-bond acceptors (Lipinski definition) is 7. The number of carbonyl (C=O) groups excluding carboxylic acids is 3. The quantitative estimate of drug-likeness (QED) is 0.0476.